The van der Waals surface area contributed by atoms with E-state index >= 15 is 0 Å². The highest BCUT2D eigenvalue weighted by Gasteiger charge is 2.16. The average Bonchev–Trinajstić information content (AvgIpc) is 3.28. The van der Waals surface area contributed by atoms with E-state index in [1.165, 1.54) is 23.9 Å². The number of hydrogen-bond donors (Lipinski definition) is 0. The first-order valence-electron chi connectivity index (χ1n) is 8.16. The SMILES string of the molecule is CCn1c(SCC(=O)N(C)Cc2cccc(F)c2)nnc1-c1cccs1. The number of hydrogen-bond acceptors (Lipinski definition) is 5. The van der Waals surface area contributed by atoms with E-state index in [0.29, 0.717) is 6.54 Å². The van der Waals surface area contributed by atoms with Crippen LogP contribution >= 0.6 is 23.1 Å². The number of rotatable bonds is 7. The van der Waals surface area contributed by atoms with Crippen LogP contribution in [0.2, 0.25) is 0 Å². The molecule has 0 aliphatic heterocycles. The molecular weight excluding hydrogens is 371 g/mol. The van der Waals surface area contributed by atoms with Gasteiger partial charge in [-0.1, -0.05) is 30.0 Å². The van der Waals surface area contributed by atoms with Crippen molar-refractivity contribution in [3.05, 3.63) is 53.2 Å². The van der Waals surface area contributed by atoms with E-state index in [9.17, 15) is 9.18 Å². The predicted molar refractivity (Wildman–Crippen MR) is 103 cm³/mol. The van der Waals surface area contributed by atoms with Crippen molar-refractivity contribution in [2.75, 3.05) is 12.8 Å². The van der Waals surface area contributed by atoms with Crippen LogP contribution in [0.15, 0.2) is 46.9 Å². The van der Waals surface area contributed by atoms with Gasteiger partial charge in [0.05, 0.1) is 10.6 Å². The molecule has 136 valence electrons. The summed E-state index contributed by atoms with van der Waals surface area (Å²) in [7, 11) is 1.72. The van der Waals surface area contributed by atoms with Gasteiger partial charge in [0, 0.05) is 20.1 Å². The summed E-state index contributed by atoms with van der Waals surface area (Å²) in [4.78, 5) is 15.0. The summed E-state index contributed by atoms with van der Waals surface area (Å²) in [5.74, 6) is 0.747. The van der Waals surface area contributed by atoms with Crippen molar-refractivity contribution in [3.63, 3.8) is 0 Å². The molecule has 3 rings (SSSR count). The number of thiophene rings is 1. The highest BCUT2D eigenvalue weighted by atomic mass is 32.2. The van der Waals surface area contributed by atoms with Crippen molar-refractivity contribution in [1.82, 2.24) is 19.7 Å². The van der Waals surface area contributed by atoms with Gasteiger partial charge in [0.25, 0.3) is 0 Å². The summed E-state index contributed by atoms with van der Waals surface area (Å²) < 4.78 is 15.3. The van der Waals surface area contributed by atoms with Crippen molar-refractivity contribution < 1.29 is 9.18 Å². The Kier molecular flexibility index (Phi) is 6.05. The largest absolute Gasteiger partial charge is 0.341 e. The van der Waals surface area contributed by atoms with Gasteiger partial charge >= 0.3 is 0 Å². The highest BCUT2D eigenvalue weighted by Crippen LogP contribution is 2.27. The Labute approximate surface area is 159 Å². The molecule has 0 aliphatic carbocycles. The molecule has 0 bridgehead atoms. The monoisotopic (exact) mass is 390 g/mol. The van der Waals surface area contributed by atoms with Crippen LogP contribution in [-0.4, -0.2) is 38.4 Å². The zero-order chi connectivity index (χ0) is 18.5. The van der Waals surface area contributed by atoms with Crippen LogP contribution in [0.4, 0.5) is 4.39 Å². The first-order chi connectivity index (χ1) is 12.6. The Morgan fingerprint density at radius 1 is 1.31 bits per heavy atom. The molecule has 0 radical (unpaired) electrons. The smallest absolute Gasteiger partial charge is 0.233 e. The molecule has 2 heterocycles. The number of thioether (sulfide) groups is 1. The van der Waals surface area contributed by atoms with Crippen molar-refractivity contribution in [2.45, 2.75) is 25.2 Å². The Bertz CT molecular complexity index is 879. The average molecular weight is 391 g/mol. The molecule has 8 heteroatoms. The van der Waals surface area contributed by atoms with Crippen molar-refractivity contribution in [1.29, 1.82) is 0 Å². The zero-order valence-corrected chi connectivity index (χ0v) is 16.2. The van der Waals surface area contributed by atoms with Crippen LogP contribution in [0.3, 0.4) is 0 Å². The van der Waals surface area contributed by atoms with E-state index in [4.69, 9.17) is 0 Å². The van der Waals surface area contributed by atoms with Crippen molar-refractivity contribution in [2.24, 2.45) is 0 Å². The second-order valence-corrected chi connectivity index (χ2v) is 7.59. The Hall–Kier alpha value is -2.19. The molecule has 0 N–H and O–H groups in total. The summed E-state index contributed by atoms with van der Waals surface area (Å²) in [6.45, 7) is 3.14. The fraction of sp³-hybridized carbons (Fsp3) is 0.278. The lowest BCUT2D eigenvalue weighted by molar-refractivity contribution is -0.127. The maximum Gasteiger partial charge on any atom is 0.233 e. The molecule has 3 aromatic rings. The molecule has 0 fully saturated rings. The van der Waals surface area contributed by atoms with E-state index < -0.39 is 0 Å². The number of benzene rings is 1. The predicted octanol–water partition coefficient (Wildman–Crippen LogP) is 3.92. The minimum Gasteiger partial charge on any atom is -0.341 e. The molecule has 2 aromatic heterocycles. The quantitative estimate of drug-likeness (QED) is 0.574. The molecular formula is C18H19FN4OS2. The molecule has 0 unspecified atom stereocenters. The maximum atomic E-state index is 13.3. The summed E-state index contributed by atoms with van der Waals surface area (Å²) in [6.07, 6.45) is 0. The van der Waals surface area contributed by atoms with Crippen molar-refractivity contribution in [3.8, 4) is 10.7 Å². The second kappa shape index (κ2) is 8.46. The first-order valence-corrected chi connectivity index (χ1v) is 10.0. The third kappa shape index (κ3) is 4.31. The van der Waals surface area contributed by atoms with Crippen LogP contribution in [0.1, 0.15) is 12.5 Å². The van der Waals surface area contributed by atoms with Gasteiger partial charge in [-0.15, -0.1) is 21.5 Å². The summed E-state index contributed by atoms with van der Waals surface area (Å²) in [6, 6.07) is 10.3. The number of nitrogens with zero attached hydrogens (tertiary/aromatic N) is 4. The van der Waals surface area contributed by atoms with Gasteiger partial charge < -0.3 is 9.47 Å². The topological polar surface area (TPSA) is 51.0 Å². The van der Waals surface area contributed by atoms with Gasteiger partial charge in [-0.2, -0.15) is 0 Å². The van der Waals surface area contributed by atoms with Crippen LogP contribution in [0.5, 0.6) is 0 Å². The van der Waals surface area contributed by atoms with Gasteiger partial charge in [-0.3, -0.25) is 4.79 Å². The number of amides is 1. The normalized spacial score (nSPS) is 10.9. The number of carbonyl (C=O) groups excluding carboxylic acids is 1. The minimum atomic E-state index is -0.296. The number of aromatic nitrogens is 3. The summed E-state index contributed by atoms with van der Waals surface area (Å²) in [5.41, 5.74) is 0.766. The Morgan fingerprint density at radius 3 is 2.85 bits per heavy atom. The van der Waals surface area contributed by atoms with E-state index in [1.807, 2.05) is 29.0 Å². The number of carbonyl (C=O) groups is 1. The van der Waals surface area contributed by atoms with Crippen LogP contribution in [0.25, 0.3) is 10.7 Å². The third-order valence-corrected chi connectivity index (χ3v) is 5.65. The second-order valence-electron chi connectivity index (χ2n) is 5.70. The lowest BCUT2D eigenvalue weighted by Crippen LogP contribution is -2.28. The molecule has 0 saturated heterocycles. The highest BCUT2D eigenvalue weighted by molar-refractivity contribution is 7.99. The van der Waals surface area contributed by atoms with Gasteiger partial charge in [-0.25, -0.2) is 4.39 Å². The van der Waals surface area contributed by atoms with Crippen molar-refractivity contribution >= 4 is 29.0 Å². The molecule has 1 amide bonds. The van der Waals surface area contributed by atoms with Crippen LogP contribution in [-0.2, 0) is 17.9 Å². The maximum absolute atomic E-state index is 13.3. The molecule has 26 heavy (non-hydrogen) atoms. The fourth-order valence-electron chi connectivity index (χ4n) is 2.50. The van der Waals surface area contributed by atoms with E-state index in [2.05, 4.69) is 10.2 Å². The lowest BCUT2D eigenvalue weighted by atomic mass is 10.2. The van der Waals surface area contributed by atoms with Gasteiger partial charge in [0.1, 0.15) is 5.82 Å². The molecule has 1 aromatic carbocycles. The Morgan fingerprint density at radius 2 is 2.15 bits per heavy atom. The summed E-state index contributed by atoms with van der Waals surface area (Å²) >= 11 is 2.98. The van der Waals surface area contributed by atoms with E-state index in [-0.39, 0.29) is 17.5 Å². The lowest BCUT2D eigenvalue weighted by Gasteiger charge is -2.17. The standard InChI is InChI=1S/C18H19FN4OS2/c1-3-23-17(15-8-5-9-25-15)20-21-18(23)26-12-16(24)22(2)11-13-6-4-7-14(19)10-13/h4-10H,3,11-12H2,1-2H3. The Balaban J connectivity index is 1.62. The van der Waals surface area contributed by atoms with E-state index in [0.717, 1.165) is 28.0 Å². The molecule has 0 spiro atoms. The fourth-order valence-corrected chi connectivity index (χ4v) is 4.16. The van der Waals surface area contributed by atoms with Gasteiger partial charge in [-0.05, 0) is 36.1 Å². The molecule has 0 aliphatic rings. The molecule has 5 nitrogen and oxygen atoms in total. The van der Waals surface area contributed by atoms with Crippen LogP contribution in [0, 0.1) is 5.82 Å². The molecule has 0 saturated carbocycles. The first kappa shape index (κ1) is 18.6. The van der Waals surface area contributed by atoms with Gasteiger partial charge in [0.15, 0.2) is 11.0 Å². The molecule has 0 atom stereocenters. The van der Waals surface area contributed by atoms with Crippen LogP contribution < -0.4 is 0 Å². The number of halogens is 1. The van der Waals surface area contributed by atoms with Gasteiger partial charge in [0.2, 0.25) is 5.91 Å². The van der Waals surface area contributed by atoms with E-state index in [1.54, 1.807) is 35.4 Å². The minimum absolute atomic E-state index is 0.0393. The zero-order valence-electron chi connectivity index (χ0n) is 14.6. The summed E-state index contributed by atoms with van der Waals surface area (Å²) in [5, 5.41) is 11.2. The third-order valence-electron chi connectivity index (χ3n) is 3.83.